The predicted molar refractivity (Wildman–Crippen MR) is 44.4 cm³/mol. The first-order valence-corrected chi connectivity index (χ1v) is 3.33. The largest absolute Gasteiger partial charge is 0.399 e. The number of carbonyl (C=O) groups is 1. The summed E-state index contributed by atoms with van der Waals surface area (Å²) in [4.78, 5) is 10.6. The van der Waals surface area contributed by atoms with Gasteiger partial charge in [-0.1, -0.05) is 11.6 Å². The first kappa shape index (κ1) is 7.88. The molecule has 0 aliphatic carbocycles. The molecule has 4 heteroatoms. The molecule has 0 radical (unpaired) electrons. The normalized spacial score (nSPS) is 9.55. The van der Waals surface area contributed by atoms with Gasteiger partial charge in [0.2, 0.25) is 5.91 Å². The molecule has 0 aromatic heterocycles. The van der Waals surface area contributed by atoms with Gasteiger partial charge in [-0.15, -0.1) is 0 Å². The van der Waals surface area contributed by atoms with Crippen molar-refractivity contribution in [1.82, 2.24) is 0 Å². The number of primary amides is 1. The topological polar surface area (TPSA) is 69.1 Å². The first-order valence-electron chi connectivity index (χ1n) is 2.95. The summed E-state index contributed by atoms with van der Waals surface area (Å²) in [6.07, 6.45) is 0. The van der Waals surface area contributed by atoms with Gasteiger partial charge in [0, 0.05) is 16.3 Å². The number of anilines is 1. The van der Waals surface area contributed by atoms with Crippen LogP contribution in [0.4, 0.5) is 5.69 Å². The number of nitrogen functional groups attached to an aromatic ring is 1. The van der Waals surface area contributed by atoms with Crippen molar-refractivity contribution in [3.63, 3.8) is 0 Å². The van der Waals surface area contributed by atoms with Crippen LogP contribution in [-0.4, -0.2) is 5.91 Å². The molecule has 0 saturated carbocycles. The maximum Gasteiger partial charge on any atom is 0.248 e. The SMILES string of the molecule is NC(=O)c1cc(N)cc(Cl)c1. The lowest BCUT2D eigenvalue weighted by atomic mass is 10.2. The van der Waals surface area contributed by atoms with Crippen LogP contribution in [0.15, 0.2) is 18.2 Å². The third-order valence-electron chi connectivity index (χ3n) is 1.20. The number of rotatable bonds is 1. The summed E-state index contributed by atoms with van der Waals surface area (Å²) in [5, 5.41) is 0.416. The van der Waals surface area contributed by atoms with E-state index in [0.29, 0.717) is 16.3 Å². The lowest BCUT2D eigenvalue weighted by Gasteiger charge is -1.98. The number of carbonyl (C=O) groups excluding carboxylic acids is 1. The zero-order chi connectivity index (χ0) is 8.43. The summed E-state index contributed by atoms with van der Waals surface area (Å²) in [6, 6.07) is 4.50. The monoisotopic (exact) mass is 170 g/mol. The minimum absolute atomic E-state index is 0.329. The second kappa shape index (κ2) is 2.80. The summed E-state index contributed by atoms with van der Waals surface area (Å²) in [5.74, 6) is -0.529. The van der Waals surface area contributed by atoms with Gasteiger partial charge in [-0.3, -0.25) is 4.79 Å². The van der Waals surface area contributed by atoms with Gasteiger partial charge in [-0.2, -0.15) is 0 Å². The summed E-state index contributed by atoms with van der Waals surface area (Å²) in [5.41, 5.74) is 11.2. The quantitative estimate of drug-likeness (QED) is 0.618. The van der Waals surface area contributed by atoms with Crippen molar-refractivity contribution in [2.24, 2.45) is 5.73 Å². The van der Waals surface area contributed by atoms with Gasteiger partial charge in [0.1, 0.15) is 0 Å². The molecule has 0 unspecified atom stereocenters. The third kappa shape index (κ3) is 1.85. The number of hydrogen-bond acceptors (Lipinski definition) is 2. The standard InChI is InChI=1S/C7H7ClN2O/c8-5-1-4(7(10)11)2-6(9)3-5/h1-3H,9H2,(H2,10,11). The van der Waals surface area contributed by atoms with Crippen molar-refractivity contribution in [3.05, 3.63) is 28.8 Å². The Morgan fingerprint density at radius 1 is 1.36 bits per heavy atom. The van der Waals surface area contributed by atoms with Gasteiger partial charge in [-0.05, 0) is 18.2 Å². The highest BCUT2D eigenvalue weighted by Crippen LogP contribution is 2.15. The average Bonchev–Trinajstić information content (AvgIpc) is 1.85. The van der Waals surface area contributed by atoms with Crippen LogP contribution in [0.25, 0.3) is 0 Å². The molecule has 1 rings (SSSR count). The second-order valence-electron chi connectivity index (χ2n) is 2.14. The molecule has 0 aliphatic heterocycles. The Labute approximate surface area is 68.9 Å². The van der Waals surface area contributed by atoms with Crippen LogP contribution in [0.2, 0.25) is 5.02 Å². The second-order valence-corrected chi connectivity index (χ2v) is 2.57. The predicted octanol–water partition coefficient (Wildman–Crippen LogP) is 1.02. The lowest BCUT2D eigenvalue weighted by Crippen LogP contribution is -2.11. The molecule has 1 aromatic carbocycles. The minimum Gasteiger partial charge on any atom is -0.399 e. The van der Waals surface area contributed by atoms with Crippen LogP contribution in [0.1, 0.15) is 10.4 Å². The molecule has 58 valence electrons. The van der Waals surface area contributed by atoms with Crippen LogP contribution >= 0.6 is 11.6 Å². The Morgan fingerprint density at radius 2 is 2.00 bits per heavy atom. The summed E-state index contributed by atoms with van der Waals surface area (Å²) in [6.45, 7) is 0. The highest BCUT2D eigenvalue weighted by molar-refractivity contribution is 6.31. The molecular weight excluding hydrogens is 164 g/mol. The van der Waals surface area contributed by atoms with Crippen molar-refractivity contribution in [3.8, 4) is 0 Å². The van der Waals surface area contributed by atoms with Crippen LogP contribution in [0.3, 0.4) is 0 Å². The van der Waals surface area contributed by atoms with Crippen LogP contribution in [0, 0.1) is 0 Å². The van der Waals surface area contributed by atoms with Crippen molar-refractivity contribution in [2.45, 2.75) is 0 Å². The third-order valence-corrected chi connectivity index (χ3v) is 1.42. The van der Waals surface area contributed by atoms with E-state index in [-0.39, 0.29) is 0 Å². The van der Waals surface area contributed by atoms with E-state index in [1.54, 1.807) is 6.07 Å². The van der Waals surface area contributed by atoms with E-state index in [1.807, 2.05) is 0 Å². The molecule has 1 amide bonds. The molecule has 1 aromatic rings. The Balaban J connectivity index is 3.19. The van der Waals surface area contributed by atoms with Gasteiger partial charge in [0.05, 0.1) is 0 Å². The number of nitrogens with two attached hydrogens (primary N) is 2. The number of hydrogen-bond donors (Lipinski definition) is 2. The van der Waals surface area contributed by atoms with Crippen molar-refractivity contribution < 1.29 is 4.79 Å². The molecule has 0 bridgehead atoms. The maximum atomic E-state index is 10.6. The molecule has 0 aliphatic rings. The van der Waals surface area contributed by atoms with Crippen LogP contribution in [-0.2, 0) is 0 Å². The van der Waals surface area contributed by atoms with Crippen molar-refractivity contribution in [2.75, 3.05) is 5.73 Å². The number of halogens is 1. The molecule has 4 N–H and O–H groups in total. The average molecular weight is 171 g/mol. The van der Waals surface area contributed by atoms with Crippen LogP contribution in [0.5, 0.6) is 0 Å². The van der Waals surface area contributed by atoms with E-state index in [2.05, 4.69) is 0 Å². The van der Waals surface area contributed by atoms with E-state index in [1.165, 1.54) is 12.1 Å². The highest BCUT2D eigenvalue weighted by atomic mass is 35.5. The van der Waals surface area contributed by atoms with Gasteiger partial charge < -0.3 is 11.5 Å². The Bertz CT molecular complexity index is 278. The first-order chi connectivity index (χ1) is 5.09. The summed E-state index contributed by atoms with van der Waals surface area (Å²) in [7, 11) is 0. The molecule has 3 nitrogen and oxygen atoms in total. The molecule has 0 saturated heterocycles. The zero-order valence-electron chi connectivity index (χ0n) is 5.67. The Morgan fingerprint density at radius 3 is 2.45 bits per heavy atom. The van der Waals surface area contributed by atoms with Crippen LogP contribution < -0.4 is 11.5 Å². The van der Waals surface area contributed by atoms with Gasteiger partial charge in [0.15, 0.2) is 0 Å². The van der Waals surface area contributed by atoms with Crippen molar-refractivity contribution >= 4 is 23.2 Å². The van der Waals surface area contributed by atoms with Gasteiger partial charge in [0.25, 0.3) is 0 Å². The Hall–Kier alpha value is -1.22. The van der Waals surface area contributed by atoms with Gasteiger partial charge in [-0.25, -0.2) is 0 Å². The molecular formula is C7H7ClN2O. The summed E-state index contributed by atoms with van der Waals surface area (Å²) >= 11 is 5.61. The number of amides is 1. The smallest absolute Gasteiger partial charge is 0.248 e. The molecule has 0 atom stereocenters. The van der Waals surface area contributed by atoms with E-state index in [9.17, 15) is 4.79 Å². The van der Waals surface area contributed by atoms with Gasteiger partial charge >= 0.3 is 0 Å². The van der Waals surface area contributed by atoms with E-state index < -0.39 is 5.91 Å². The van der Waals surface area contributed by atoms with E-state index >= 15 is 0 Å². The number of benzene rings is 1. The fourth-order valence-electron chi connectivity index (χ4n) is 0.755. The van der Waals surface area contributed by atoms with E-state index in [0.717, 1.165) is 0 Å². The van der Waals surface area contributed by atoms with Crippen molar-refractivity contribution in [1.29, 1.82) is 0 Å². The minimum atomic E-state index is -0.529. The zero-order valence-corrected chi connectivity index (χ0v) is 6.43. The molecule has 0 spiro atoms. The Kier molecular flexibility index (Phi) is 2.01. The van der Waals surface area contributed by atoms with E-state index in [4.69, 9.17) is 23.1 Å². The molecule has 0 heterocycles. The maximum absolute atomic E-state index is 10.6. The molecule has 0 fully saturated rings. The molecule has 11 heavy (non-hydrogen) atoms. The fourth-order valence-corrected chi connectivity index (χ4v) is 0.998. The highest BCUT2D eigenvalue weighted by Gasteiger charge is 2.01. The summed E-state index contributed by atoms with van der Waals surface area (Å²) < 4.78 is 0. The fraction of sp³-hybridized carbons (Fsp3) is 0. The lowest BCUT2D eigenvalue weighted by molar-refractivity contribution is 0.100.